The number of aromatic nitrogens is 3. The molecule has 1 aliphatic heterocycles. The normalized spacial score (nSPS) is 22.4. The van der Waals surface area contributed by atoms with Gasteiger partial charge in [0, 0.05) is 31.2 Å². The third-order valence-electron chi connectivity index (χ3n) is 4.00. The Labute approximate surface area is 133 Å². The van der Waals surface area contributed by atoms with E-state index in [1.165, 1.54) is 12.0 Å². The van der Waals surface area contributed by atoms with E-state index in [2.05, 4.69) is 54.2 Å². The molecule has 1 fully saturated rings. The molecule has 110 valence electrons. The van der Waals surface area contributed by atoms with Crippen molar-refractivity contribution in [3.8, 4) is 0 Å². The molecule has 1 saturated heterocycles. The molecule has 21 heavy (non-hydrogen) atoms. The molecule has 0 saturated carbocycles. The van der Waals surface area contributed by atoms with Gasteiger partial charge in [-0.25, -0.2) is 9.97 Å². The van der Waals surface area contributed by atoms with Crippen LogP contribution in [0.5, 0.6) is 0 Å². The topological polar surface area (TPSA) is 53.9 Å². The van der Waals surface area contributed by atoms with Crippen LogP contribution in [0, 0.1) is 5.92 Å². The van der Waals surface area contributed by atoms with Crippen molar-refractivity contribution in [2.45, 2.75) is 12.5 Å². The molecular formula is C15H18BrN5. The summed E-state index contributed by atoms with van der Waals surface area (Å²) in [6.07, 6.45) is 8.29. The summed E-state index contributed by atoms with van der Waals surface area (Å²) in [4.78, 5) is 14.9. The second kappa shape index (κ2) is 6.49. The van der Waals surface area contributed by atoms with Crippen molar-refractivity contribution in [1.29, 1.82) is 0 Å². The van der Waals surface area contributed by atoms with Crippen LogP contribution in [0.1, 0.15) is 18.0 Å². The maximum atomic E-state index is 4.26. The Hall–Kier alpha value is -1.53. The number of rotatable bonds is 4. The number of pyridine rings is 1. The van der Waals surface area contributed by atoms with Gasteiger partial charge in [0.25, 0.3) is 0 Å². The Balaban J connectivity index is 1.71. The molecule has 0 unspecified atom stereocenters. The SMILES string of the molecule is CN1CC[C@@H](CNc2ncncc2Br)[C@@H]1c1cccnc1. The number of halogens is 1. The standard InChI is InChI=1S/C15H18BrN5/c1-21-6-4-12(14(21)11-3-2-5-17-7-11)8-19-15-13(16)9-18-10-20-15/h2-3,5,7,9-10,12,14H,4,6,8H2,1H3,(H,18,19,20)/t12-,14-/m0/s1. The lowest BCUT2D eigenvalue weighted by Crippen LogP contribution is -2.25. The molecule has 3 heterocycles. The summed E-state index contributed by atoms with van der Waals surface area (Å²) < 4.78 is 0.897. The molecule has 0 amide bonds. The number of nitrogens with one attached hydrogen (secondary N) is 1. The Morgan fingerprint density at radius 2 is 2.29 bits per heavy atom. The zero-order valence-corrected chi connectivity index (χ0v) is 13.5. The van der Waals surface area contributed by atoms with E-state index >= 15 is 0 Å². The number of hydrogen-bond donors (Lipinski definition) is 1. The maximum absolute atomic E-state index is 4.26. The third-order valence-corrected chi connectivity index (χ3v) is 4.58. The third kappa shape index (κ3) is 3.22. The second-order valence-electron chi connectivity index (χ2n) is 5.36. The highest BCUT2D eigenvalue weighted by molar-refractivity contribution is 9.10. The molecule has 6 heteroatoms. The van der Waals surface area contributed by atoms with Crippen molar-refractivity contribution in [3.63, 3.8) is 0 Å². The molecular weight excluding hydrogens is 330 g/mol. The van der Waals surface area contributed by atoms with Crippen LogP contribution in [-0.2, 0) is 0 Å². The van der Waals surface area contributed by atoms with E-state index in [9.17, 15) is 0 Å². The monoisotopic (exact) mass is 347 g/mol. The Morgan fingerprint density at radius 3 is 3.05 bits per heavy atom. The van der Waals surface area contributed by atoms with E-state index in [1.807, 2.05) is 18.5 Å². The highest BCUT2D eigenvalue weighted by atomic mass is 79.9. The summed E-state index contributed by atoms with van der Waals surface area (Å²) in [5, 5.41) is 3.43. The molecule has 2 aromatic heterocycles. The first-order valence-corrected chi connectivity index (χ1v) is 7.84. The maximum Gasteiger partial charge on any atom is 0.143 e. The lowest BCUT2D eigenvalue weighted by atomic mass is 9.95. The first-order valence-electron chi connectivity index (χ1n) is 7.05. The van der Waals surface area contributed by atoms with Crippen molar-refractivity contribution < 1.29 is 0 Å². The van der Waals surface area contributed by atoms with Gasteiger partial charge in [-0.05, 0) is 53.5 Å². The lowest BCUT2D eigenvalue weighted by molar-refractivity contribution is 0.281. The average Bonchev–Trinajstić information content (AvgIpc) is 2.88. The molecule has 0 aromatic carbocycles. The summed E-state index contributed by atoms with van der Waals surface area (Å²) >= 11 is 3.47. The van der Waals surface area contributed by atoms with Gasteiger partial charge in [0.2, 0.25) is 0 Å². The fourth-order valence-corrected chi connectivity index (χ4v) is 3.35. The highest BCUT2D eigenvalue weighted by Crippen LogP contribution is 2.35. The van der Waals surface area contributed by atoms with Crippen LogP contribution < -0.4 is 5.32 Å². The van der Waals surface area contributed by atoms with E-state index in [0.29, 0.717) is 12.0 Å². The van der Waals surface area contributed by atoms with Gasteiger partial charge in [-0.2, -0.15) is 0 Å². The number of nitrogens with zero attached hydrogens (tertiary/aromatic N) is 4. The molecule has 2 atom stereocenters. The van der Waals surface area contributed by atoms with Crippen LogP contribution in [-0.4, -0.2) is 40.0 Å². The van der Waals surface area contributed by atoms with E-state index < -0.39 is 0 Å². The predicted octanol–water partition coefficient (Wildman–Crippen LogP) is 2.74. The molecule has 5 nitrogen and oxygen atoms in total. The molecule has 1 N–H and O–H groups in total. The van der Waals surface area contributed by atoms with Crippen molar-refractivity contribution >= 4 is 21.7 Å². The van der Waals surface area contributed by atoms with Crippen LogP contribution in [0.15, 0.2) is 41.5 Å². The molecule has 3 rings (SSSR count). The summed E-state index contributed by atoms with van der Waals surface area (Å²) in [7, 11) is 2.18. The average molecular weight is 348 g/mol. The molecule has 2 aromatic rings. The molecule has 0 aliphatic carbocycles. The molecule has 0 spiro atoms. The van der Waals surface area contributed by atoms with E-state index in [0.717, 1.165) is 23.4 Å². The van der Waals surface area contributed by atoms with Gasteiger partial charge in [0.15, 0.2) is 0 Å². The highest BCUT2D eigenvalue weighted by Gasteiger charge is 2.32. The van der Waals surface area contributed by atoms with Gasteiger partial charge < -0.3 is 5.32 Å². The first-order chi connectivity index (χ1) is 10.3. The summed E-state index contributed by atoms with van der Waals surface area (Å²) in [5.74, 6) is 1.39. The van der Waals surface area contributed by atoms with E-state index in [-0.39, 0.29) is 0 Å². The number of hydrogen-bond acceptors (Lipinski definition) is 5. The summed E-state index contributed by atoms with van der Waals surface area (Å²) in [6.45, 7) is 2.00. The van der Waals surface area contributed by atoms with Crippen LogP contribution in [0.25, 0.3) is 0 Å². The lowest BCUT2D eigenvalue weighted by Gasteiger charge is -2.25. The smallest absolute Gasteiger partial charge is 0.143 e. The van der Waals surface area contributed by atoms with Crippen LogP contribution in [0.4, 0.5) is 5.82 Å². The molecule has 0 bridgehead atoms. The van der Waals surface area contributed by atoms with Gasteiger partial charge in [-0.3, -0.25) is 9.88 Å². The van der Waals surface area contributed by atoms with Crippen LogP contribution in [0.2, 0.25) is 0 Å². The molecule has 1 aliphatic rings. The van der Waals surface area contributed by atoms with Gasteiger partial charge >= 0.3 is 0 Å². The molecule has 0 radical (unpaired) electrons. The van der Waals surface area contributed by atoms with Crippen LogP contribution >= 0.6 is 15.9 Å². The van der Waals surface area contributed by atoms with Gasteiger partial charge in [0.05, 0.1) is 4.47 Å². The van der Waals surface area contributed by atoms with Gasteiger partial charge in [0.1, 0.15) is 12.1 Å². The minimum atomic E-state index is 0.409. The first kappa shape index (κ1) is 14.4. The van der Waals surface area contributed by atoms with Gasteiger partial charge in [-0.15, -0.1) is 0 Å². The minimum absolute atomic E-state index is 0.409. The van der Waals surface area contributed by atoms with E-state index in [4.69, 9.17) is 0 Å². The van der Waals surface area contributed by atoms with Crippen LogP contribution in [0.3, 0.4) is 0 Å². The zero-order chi connectivity index (χ0) is 14.7. The second-order valence-corrected chi connectivity index (χ2v) is 6.22. The van der Waals surface area contributed by atoms with Crippen molar-refractivity contribution in [2.75, 3.05) is 25.5 Å². The van der Waals surface area contributed by atoms with Crippen molar-refractivity contribution in [2.24, 2.45) is 5.92 Å². The largest absolute Gasteiger partial charge is 0.369 e. The Bertz CT molecular complexity index is 592. The number of anilines is 1. The summed E-state index contributed by atoms with van der Waals surface area (Å²) in [6, 6.07) is 4.58. The summed E-state index contributed by atoms with van der Waals surface area (Å²) in [5.41, 5.74) is 1.28. The minimum Gasteiger partial charge on any atom is -0.369 e. The predicted molar refractivity (Wildman–Crippen MR) is 85.9 cm³/mol. The van der Waals surface area contributed by atoms with Crippen molar-refractivity contribution in [3.05, 3.63) is 47.1 Å². The Morgan fingerprint density at radius 1 is 1.38 bits per heavy atom. The Kier molecular flexibility index (Phi) is 4.45. The van der Waals surface area contributed by atoms with Crippen molar-refractivity contribution in [1.82, 2.24) is 19.9 Å². The quantitative estimate of drug-likeness (QED) is 0.921. The number of likely N-dealkylation sites (tertiary alicyclic amines) is 1. The fourth-order valence-electron chi connectivity index (χ4n) is 2.99. The van der Waals surface area contributed by atoms with E-state index in [1.54, 1.807) is 12.5 Å². The van der Waals surface area contributed by atoms with Gasteiger partial charge in [-0.1, -0.05) is 6.07 Å². The fraction of sp³-hybridized carbons (Fsp3) is 0.400. The zero-order valence-electron chi connectivity index (χ0n) is 11.9.